The van der Waals surface area contributed by atoms with Gasteiger partial charge in [-0.3, -0.25) is 9.36 Å². The van der Waals surface area contributed by atoms with Crippen molar-refractivity contribution in [1.82, 2.24) is 5.32 Å². The van der Waals surface area contributed by atoms with Gasteiger partial charge in [0, 0.05) is 6.42 Å². The molecule has 0 rings (SSSR count). The van der Waals surface area contributed by atoms with E-state index in [9.17, 15) is 19.4 Å². The number of quaternary nitrogens is 1. The number of aliphatic hydroxyl groups excluding tert-OH is 1. The summed E-state index contributed by atoms with van der Waals surface area (Å²) < 4.78 is 23.1. The van der Waals surface area contributed by atoms with Crippen LogP contribution in [0.2, 0.25) is 0 Å². The number of phosphoric ester groups is 1. The third-order valence-corrected chi connectivity index (χ3v) is 10.3. The van der Waals surface area contributed by atoms with Crippen molar-refractivity contribution in [1.29, 1.82) is 0 Å². The van der Waals surface area contributed by atoms with Crippen LogP contribution in [0.3, 0.4) is 0 Å². The molecule has 57 heavy (non-hydrogen) atoms. The van der Waals surface area contributed by atoms with Gasteiger partial charge >= 0.3 is 0 Å². The fourth-order valence-corrected chi connectivity index (χ4v) is 6.52. The Morgan fingerprint density at radius 3 is 1.56 bits per heavy atom. The molecule has 0 aromatic carbocycles. The van der Waals surface area contributed by atoms with Crippen LogP contribution in [-0.4, -0.2) is 68.5 Å². The first kappa shape index (κ1) is 54.7. The molecule has 0 aliphatic carbocycles. The van der Waals surface area contributed by atoms with Crippen LogP contribution in [0, 0.1) is 0 Å². The van der Waals surface area contributed by atoms with Crippen LogP contribution in [0.4, 0.5) is 0 Å². The summed E-state index contributed by atoms with van der Waals surface area (Å²) in [4.78, 5) is 25.2. The van der Waals surface area contributed by atoms with E-state index in [-0.39, 0.29) is 19.1 Å². The first-order valence-electron chi connectivity index (χ1n) is 22.4. The van der Waals surface area contributed by atoms with Crippen molar-refractivity contribution in [2.45, 2.75) is 174 Å². The number of aliphatic hydroxyl groups is 1. The molecule has 328 valence electrons. The van der Waals surface area contributed by atoms with Crippen LogP contribution in [-0.2, 0) is 18.4 Å². The second kappa shape index (κ2) is 39.2. The van der Waals surface area contributed by atoms with Crippen LogP contribution in [0.15, 0.2) is 85.1 Å². The molecule has 1 amide bonds. The lowest BCUT2D eigenvalue weighted by atomic mass is 10.1. The molecule has 0 spiro atoms. The molecule has 0 aliphatic rings. The molecule has 0 fully saturated rings. The van der Waals surface area contributed by atoms with Crippen molar-refractivity contribution < 1.29 is 32.9 Å². The summed E-state index contributed by atoms with van der Waals surface area (Å²) >= 11 is 0. The van der Waals surface area contributed by atoms with Crippen LogP contribution in [0.5, 0.6) is 0 Å². The molecular formula is C48H85N2O6P. The number of carbonyl (C=O) groups excluding carboxylic acids is 1. The van der Waals surface area contributed by atoms with E-state index in [1.54, 1.807) is 6.08 Å². The maximum absolute atomic E-state index is 12.8. The van der Waals surface area contributed by atoms with Crippen LogP contribution in [0.25, 0.3) is 0 Å². The average molecular weight is 817 g/mol. The van der Waals surface area contributed by atoms with Crippen LogP contribution >= 0.6 is 7.82 Å². The standard InChI is InChI=1S/C48H85N2O6P/c1-6-8-10-12-14-16-17-18-19-20-21-22-23-24-25-26-27-28-29-30-31-32-33-34-36-38-40-42-48(52)49-46(45-56-57(53,54)55-44-43-50(3,4)5)47(51)41-39-37-35-15-13-11-9-7-2/h8,10,14,16,18-19,21-22,24-25,27-28,39,41,46-47,51H,6-7,9,11-13,15,17,20,23,26,29-38,40,42-45H2,1-5H3,(H-,49,52,53,54)/b10-8-,16-14-,19-18-,22-21-,25-24-,28-27-,41-39+. The maximum Gasteiger partial charge on any atom is 0.268 e. The Morgan fingerprint density at radius 1 is 0.632 bits per heavy atom. The number of carbonyl (C=O) groups is 1. The summed E-state index contributed by atoms with van der Waals surface area (Å²) in [5.74, 6) is -0.215. The number of amides is 1. The summed E-state index contributed by atoms with van der Waals surface area (Å²) in [5.41, 5.74) is 0. The molecular weight excluding hydrogens is 732 g/mol. The van der Waals surface area contributed by atoms with Gasteiger partial charge in [-0.2, -0.15) is 0 Å². The summed E-state index contributed by atoms with van der Waals surface area (Å²) in [7, 11) is 1.24. The molecule has 0 heterocycles. The van der Waals surface area contributed by atoms with Crippen molar-refractivity contribution in [3.05, 3.63) is 85.1 Å². The summed E-state index contributed by atoms with van der Waals surface area (Å²) in [6, 6.07) is -0.893. The van der Waals surface area contributed by atoms with Gasteiger partial charge in [-0.05, 0) is 70.6 Å². The molecule has 0 saturated heterocycles. The minimum Gasteiger partial charge on any atom is -0.756 e. The van der Waals surface area contributed by atoms with Crippen molar-refractivity contribution in [3.8, 4) is 0 Å². The molecule has 0 radical (unpaired) electrons. The van der Waals surface area contributed by atoms with Crippen LogP contribution < -0.4 is 10.2 Å². The van der Waals surface area contributed by atoms with Gasteiger partial charge < -0.3 is 28.8 Å². The number of hydrogen-bond acceptors (Lipinski definition) is 6. The number of hydrogen-bond donors (Lipinski definition) is 2. The number of likely N-dealkylation sites (N-methyl/N-ethyl adjacent to an activating group) is 1. The van der Waals surface area contributed by atoms with E-state index in [4.69, 9.17) is 9.05 Å². The molecule has 3 atom stereocenters. The summed E-state index contributed by atoms with van der Waals surface area (Å²) in [6.45, 7) is 4.45. The van der Waals surface area contributed by atoms with E-state index in [0.717, 1.165) is 89.9 Å². The predicted molar refractivity (Wildman–Crippen MR) is 242 cm³/mol. The third-order valence-electron chi connectivity index (χ3n) is 9.36. The van der Waals surface area contributed by atoms with E-state index < -0.39 is 20.0 Å². The minimum absolute atomic E-state index is 0.00760. The topological polar surface area (TPSA) is 108 Å². The highest BCUT2D eigenvalue weighted by atomic mass is 31.2. The van der Waals surface area contributed by atoms with Crippen molar-refractivity contribution >= 4 is 13.7 Å². The van der Waals surface area contributed by atoms with Crippen molar-refractivity contribution in [3.63, 3.8) is 0 Å². The van der Waals surface area contributed by atoms with E-state index in [0.29, 0.717) is 17.4 Å². The van der Waals surface area contributed by atoms with E-state index in [2.05, 4.69) is 92.1 Å². The van der Waals surface area contributed by atoms with E-state index >= 15 is 0 Å². The molecule has 9 heteroatoms. The Balaban J connectivity index is 4.21. The fraction of sp³-hybridized carbons (Fsp3) is 0.688. The predicted octanol–water partition coefficient (Wildman–Crippen LogP) is 11.9. The first-order valence-corrected chi connectivity index (χ1v) is 23.9. The third kappa shape index (κ3) is 41.6. The molecule has 0 aliphatic heterocycles. The average Bonchev–Trinajstić information content (AvgIpc) is 3.16. The van der Waals surface area contributed by atoms with E-state index in [1.165, 1.54) is 51.4 Å². The summed E-state index contributed by atoms with van der Waals surface area (Å²) in [6.07, 6.45) is 53.6. The smallest absolute Gasteiger partial charge is 0.268 e. The van der Waals surface area contributed by atoms with Crippen molar-refractivity contribution in [2.75, 3.05) is 40.9 Å². The number of phosphoric acid groups is 1. The lowest BCUT2D eigenvalue weighted by Crippen LogP contribution is -2.45. The first-order chi connectivity index (χ1) is 27.5. The number of allylic oxidation sites excluding steroid dienone is 13. The highest BCUT2D eigenvalue weighted by Gasteiger charge is 2.23. The minimum atomic E-state index is -4.59. The Hall–Kier alpha value is -2.32. The summed E-state index contributed by atoms with van der Waals surface area (Å²) in [5, 5.41) is 13.7. The second-order valence-electron chi connectivity index (χ2n) is 16.0. The van der Waals surface area contributed by atoms with Gasteiger partial charge in [0.25, 0.3) is 7.82 Å². The molecule has 0 aromatic rings. The lowest BCUT2D eigenvalue weighted by Gasteiger charge is -2.29. The number of nitrogens with one attached hydrogen (secondary N) is 1. The van der Waals surface area contributed by atoms with Crippen LogP contribution in [0.1, 0.15) is 162 Å². The molecule has 0 bridgehead atoms. The molecule has 3 unspecified atom stereocenters. The van der Waals surface area contributed by atoms with Gasteiger partial charge in [0.05, 0.1) is 39.9 Å². The number of nitrogens with zero attached hydrogens (tertiary/aromatic N) is 1. The van der Waals surface area contributed by atoms with Gasteiger partial charge in [-0.25, -0.2) is 0 Å². The zero-order valence-electron chi connectivity index (χ0n) is 37.0. The number of unbranched alkanes of at least 4 members (excludes halogenated alkanes) is 14. The van der Waals surface area contributed by atoms with Gasteiger partial charge in [-0.15, -0.1) is 0 Å². The largest absolute Gasteiger partial charge is 0.756 e. The monoisotopic (exact) mass is 817 g/mol. The normalized spacial score (nSPS) is 15.1. The number of rotatable bonds is 39. The SMILES string of the molecule is CC/C=C\C/C=C\C/C=C\C/C=C\C/C=C\C/C=C\CCCCCCCCCCC(=O)NC(COP(=O)([O-])OCC[N+](C)(C)C)C(O)/C=C/CCCCCCCC. The van der Waals surface area contributed by atoms with Crippen molar-refractivity contribution in [2.24, 2.45) is 0 Å². The maximum atomic E-state index is 12.8. The Kier molecular flexibility index (Phi) is 37.6. The quantitative estimate of drug-likeness (QED) is 0.0277. The highest BCUT2D eigenvalue weighted by Crippen LogP contribution is 2.38. The second-order valence-corrected chi connectivity index (χ2v) is 17.4. The van der Waals surface area contributed by atoms with Gasteiger partial charge in [0.15, 0.2) is 0 Å². The Bertz CT molecular complexity index is 1200. The van der Waals surface area contributed by atoms with Gasteiger partial charge in [-0.1, -0.05) is 170 Å². The molecule has 0 saturated carbocycles. The fourth-order valence-electron chi connectivity index (χ4n) is 5.80. The molecule has 0 aromatic heterocycles. The van der Waals surface area contributed by atoms with Gasteiger partial charge in [0.1, 0.15) is 13.2 Å². The van der Waals surface area contributed by atoms with Gasteiger partial charge in [0.2, 0.25) is 5.91 Å². The zero-order chi connectivity index (χ0) is 42.1. The Labute approximate surface area is 350 Å². The lowest BCUT2D eigenvalue weighted by molar-refractivity contribution is -0.870. The zero-order valence-corrected chi connectivity index (χ0v) is 37.9. The highest BCUT2D eigenvalue weighted by molar-refractivity contribution is 7.45. The molecule has 8 nitrogen and oxygen atoms in total. The van der Waals surface area contributed by atoms with E-state index in [1.807, 2.05) is 27.2 Å². The molecule has 2 N–H and O–H groups in total. The Morgan fingerprint density at radius 2 is 1.07 bits per heavy atom.